The van der Waals surface area contributed by atoms with Crippen molar-refractivity contribution >= 4 is 18.4 Å². The molecular weight excluding hydrogens is 170 g/mol. The summed E-state index contributed by atoms with van der Waals surface area (Å²) in [6, 6.07) is -0.509. The summed E-state index contributed by atoms with van der Waals surface area (Å²) < 4.78 is 4.44. The molecular formula is C6H12ClNO3. The van der Waals surface area contributed by atoms with Gasteiger partial charge in [0.15, 0.2) is 0 Å². The van der Waals surface area contributed by atoms with Crippen molar-refractivity contribution in [2.75, 3.05) is 13.7 Å². The Morgan fingerprint density at radius 3 is 2.73 bits per heavy atom. The van der Waals surface area contributed by atoms with Gasteiger partial charge in [-0.15, -0.1) is 12.4 Å². The zero-order valence-electron chi connectivity index (χ0n) is 6.24. The first-order valence-electron chi connectivity index (χ1n) is 3.25. The number of carbonyl (C=O) groups is 1. The van der Waals surface area contributed by atoms with Crippen LogP contribution in [-0.4, -0.2) is 36.9 Å². The van der Waals surface area contributed by atoms with Gasteiger partial charge in [-0.1, -0.05) is 0 Å². The van der Waals surface area contributed by atoms with Crippen molar-refractivity contribution in [3.63, 3.8) is 0 Å². The Morgan fingerprint density at radius 2 is 2.36 bits per heavy atom. The SMILES string of the molecule is COC(=O)[C@@H]1NCC[C@@H]1O.Cl. The first kappa shape index (κ1) is 10.7. The first-order valence-corrected chi connectivity index (χ1v) is 3.25. The highest BCUT2D eigenvalue weighted by Crippen LogP contribution is 2.07. The van der Waals surface area contributed by atoms with Crippen molar-refractivity contribution in [1.82, 2.24) is 5.32 Å². The molecule has 0 bridgehead atoms. The summed E-state index contributed by atoms with van der Waals surface area (Å²) in [7, 11) is 1.31. The van der Waals surface area contributed by atoms with Crippen LogP contribution in [0, 0.1) is 0 Å². The third kappa shape index (κ3) is 2.32. The normalized spacial score (nSPS) is 29.3. The highest BCUT2D eigenvalue weighted by atomic mass is 35.5. The average molecular weight is 182 g/mol. The van der Waals surface area contributed by atoms with Crippen LogP contribution in [0.3, 0.4) is 0 Å². The summed E-state index contributed by atoms with van der Waals surface area (Å²) in [5.41, 5.74) is 0. The van der Waals surface area contributed by atoms with Crippen LogP contribution in [0.2, 0.25) is 0 Å². The number of halogens is 1. The maximum atomic E-state index is 10.8. The molecule has 2 atom stereocenters. The van der Waals surface area contributed by atoms with Crippen molar-refractivity contribution in [2.45, 2.75) is 18.6 Å². The lowest BCUT2D eigenvalue weighted by Crippen LogP contribution is -2.39. The lowest BCUT2D eigenvalue weighted by Gasteiger charge is -2.10. The van der Waals surface area contributed by atoms with Crippen LogP contribution < -0.4 is 5.32 Å². The molecule has 0 unspecified atom stereocenters. The number of aliphatic hydroxyl groups excluding tert-OH is 1. The van der Waals surface area contributed by atoms with Gasteiger partial charge in [0, 0.05) is 0 Å². The summed E-state index contributed by atoms with van der Waals surface area (Å²) in [4.78, 5) is 10.8. The standard InChI is InChI=1S/C6H11NO3.ClH/c1-10-6(9)5-4(8)2-3-7-5;/h4-5,7-8H,2-3H2,1H3;1H/t4-,5+;/m0./s1. The lowest BCUT2D eigenvalue weighted by molar-refractivity contribution is -0.144. The van der Waals surface area contributed by atoms with Crippen molar-refractivity contribution in [1.29, 1.82) is 0 Å². The Morgan fingerprint density at radius 1 is 1.73 bits per heavy atom. The lowest BCUT2D eigenvalue weighted by atomic mass is 10.2. The zero-order chi connectivity index (χ0) is 7.56. The van der Waals surface area contributed by atoms with E-state index >= 15 is 0 Å². The quantitative estimate of drug-likeness (QED) is 0.526. The van der Waals surface area contributed by atoms with Gasteiger partial charge in [0.2, 0.25) is 0 Å². The molecule has 0 aromatic rings. The average Bonchev–Trinajstić information content (AvgIpc) is 2.34. The predicted octanol–water partition coefficient (Wildman–Crippen LogP) is -0.696. The number of ether oxygens (including phenoxy) is 1. The molecule has 11 heavy (non-hydrogen) atoms. The van der Waals surface area contributed by atoms with Gasteiger partial charge in [0.05, 0.1) is 13.2 Å². The second-order valence-electron chi connectivity index (χ2n) is 2.31. The van der Waals surface area contributed by atoms with Crippen molar-refractivity contribution in [3.05, 3.63) is 0 Å². The number of esters is 1. The fourth-order valence-corrected chi connectivity index (χ4v) is 1.06. The second kappa shape index (κ2) is 4.54. The summed E-state index contributed by atoms with van der Waals surface area (Å²) in [6.07, 6.45) is 0.0483. The van der Waals surface area contributed by atoms with E-state index in [0.717, 1.165) is 0 Å². The zero-order valence-corrected chi connectivity index (χ0v) is 7.06. The molecule has 1 aliphatic heterocycles. The molecule has 1 saturated heterocycles. The number of nitrogens with one attached hydrogen (secondary N) is 1. The van der Waals surface area contributed by atoms with Crippen LogP contribution in [0.5, 0.6) is 0 Å². The number of hydrogen-bond donors (Lipinski definition) is 2. The number of hydrogen-bond acceptors (Lipinski definition) is 4. The topological polar surface area (TPSA) is 58.6 Å². The van der Waals surface area contributed by atoms with Gasteiger partial charge in [-0.3, -0.25) is 4.79 Å². The van der Waals surface area contributed by atoms with Gasteiger partial charge in [0.1, 0.15) is 6.04 Å². The molecule has 1 aliphatic rings. The number of rotatable bonds is 1. The minimum atomic E-state index is -0.576. The largest absolute Gasteiger partial charge is 0.468 e. The Kier molecular flexibility index (Phi) is 4.40. The minimum Gasteiger partial charge on any atom is -0.468 e. The van der Waals surface area contributed by atoms with Crippen molar-refractivity contribution in [2.24, 2.45) is 0 Å². The van der Waals surface area contributed by atoms with Crippen molar-refractivity contribution in [3.8, 4) is 0 Å². The molecule has 2 N–H and O–H groups in total. The van der Waals surface area contributed by atoms with Crippen LogP contribution >= 0.6 is 12.4 Å². The molecule has 4 nitrogen and oxygen atoms in total. The van der Waals surface area contributed by atoms with Gasteiger partial charge in [-0.05, 0) is 13.0 Å². The third-order valence-electron chi connectivity index (χ3n) is 1.64. The van der Waals surface area contributed by atoms with Gasteiger partial charge in [0.25, 0.3) is 0 Å². The van der Waals surface area contributed by atoms with Gasteiger partial charge < -0.3 is 15.2 Å². The molecule has 0 radical (unpaired) electrons. The fourth-order valence-electron chi connectivity index (χ4n) is 1.06. The molecule has 0 spiro atoms. The highest BCUT2D eigenvalue weighted by Gasteiger charge is 2.31. The molecule has 1 fully saturated rings. The van der Waals surface area contributed by atoms with Crippen LogP contribution in [0.25, 0.3) is 0 Å². The molecule has 0 saturated carbocycles. The van der Waals surface area contributed by atoms with E-state index < -0.39 is 12.1 Å². The summed E-state index contributed by atoms with van der Waals surface area (Å²) in [6.45, 7) is 0.681. The van der Waals surface area contributed by atoms with Gasteiger partial charge in [-0.25, -0.2) is 0 Å². The summed E-state index contributed by atoms with van der Waals surface area (Å²) >= 11 is 0. The Labute approximate surface area is 71.3 Å². The summed E-state index contributed by atoms with van der Waals surface area (Å²) in [5.74, 6) is -0.384. The van der Waals surface area contributed by atoms with E-state index in [9.17, 15) is 4.79 Å². The van der Waals surface area contributed by atoms with E-state index in [1.54, 1.807) is 0 Å². The molecule has 0 aliphatic carbocycles. The molecule has 0 aromatic heterocycles. The molecule has 0 amide bonds. The smallest absolute Gasteiger partial charge is 0.325 e. The Bertz CT molecular complexity index is 142. The van der Waals surface area contributed by atoms with Crippen LogP contribution in [0.1, 0.15) is 6.42 Å². The number of methoxy groups -OCH3 is 1. The first-order chi connectivity index (χ1) is 4.75. The molecule has 1 heterocycles. The molecule has 66 valence electrons. The van der Waals surface area contributed by atoms with E-state index in [1.165, 1.54) is 7.11 Å². The van der Waals surface area contributed by atoms with Gasteiger partial charge >= 0.3 is 5.97 Å². The predicted molar refractivity (Wildman–Crippen MR) is 41.7 cm³/mol. The molecule has 1 rings (SSSR count). The number of aliphatic hydroxyl groups is 1. The van der Waals surface area contributed by atoms with Crippen LogP contribution in [-0.2, 0) is 9.53 Å². The highest BCUT2D eigenvalue weighted by molar-refractivity contribution is 5.85. The van der Waals surface area contributed by atoms with Crippen molar-refractivity contribution < 1.29 is 14.6 Å². The number of carbonyl (C=O) groups excluding carboxylic acids is 1. The molecule has 0 aromatic carbocycles. The van der Waals surface area contributed by atoms with Crippen LogP contribution in [0.4, 0.5) is 0 Å². The Hall–Kier alpha value is -0.320. The molecule has 5 heteroatoms. The Balaban J connectivity index is 0.000001000. The fraction of sp³-hybridized carbons (Fsp3) is 0.833. The monoisotopic (exact) mass is 181 g/mol. The van der Waals surface area contributed by atoms with E-state index in [-0.39, 0.29) is 18.4 Å². The van der Waals surface area contributed by atoms with E-state index in [0.29, 0.717) is 13.0 Å². The second-order valence-corrected chi connectivity index (χ2v) is 2.31. The third-order valence-corrected chi connectivity index (χ3v) is 1.64. The van der Waals surface area contributed by atoms with E-state index in [4.69, 9.17) is 5.11 Å². The van der Waals surface area contributed by atoms with Crippen LogP contribution in [0.15, 0.2) is 0 Å². The van der Waals surface area contributed by atoms with Gasteiger partial charge in [-0.2, -0.15) is 0 Å². The van der Waals surface area contributed by atoms with E-state index in [2.05, 4.69) is 10.1 Å². The maximum absolute atomic E-state index is 10.8. The maximum Gasteiger partial charge on any atom is 0.325 e. The summed E-state index contributed by atoms with van der Waals surface area (Å²) in [5, 5.41) is 12.0. The van der Waals surface area contributed by atoms with E-state index in [1.807, 2.05) is 0 Å². The minimum absolute atomic E-state index is 0.